The fourth-order valence-electron chi connectivity index (χ4n) is 6.90. The molecular weight excluding hydrogens is 590 g/mol. The average Bonchev–Trinajstić information content (AvgIpc) is 3.70. The number of para-hydroxylation sites is 1. The zero-order valence-corrected chi connectivity index (χ0v) is 25.6. The number of fused-ring (bicyclic) bond motifs is 7. The van der Waals surface area contributed by atoms with Gasteiger partial charge in [0.25, 0.3) is 0 Å². The zero-order chi connectivity index (χ0) is 31.6. The van der Waals surface area contributed by atoms with Crippen LogP contribution in [0.3, 0.4) is 0 Å². The van der Waals surface area contributed by atoms with Gasteiger partial charge in [-0.25, -0.2) is 4.98 Å². The summed E-state index contributed by atoms with van der Waals surface area (Å²) >= 11 is 0. The van der Waals surface area contributed by atoms with Gasteiger partial charge in [-0.05, 0) is 52.2 Å². The van der Waals surface area contributed by atoms with Crippen LogP contribution in [0.1, 0.15) is 0 Å². The van der Waals surface area contributed by atoms with Gasteiger partial charge in [0.15, 0.2) is 11.6 Å². The summed E-state index contributed by atoms with van der Waals surface area (Å²) in [6, 6.07) is 48.1. The topological polar surface area (TPSA) is 69.6 Å². The lowest BCUT2D eigenvalue weighted by atomic mass is 10.0. The third-order valence-electron chi connectivity index (χ3n) is 9.15. The predicted molar refractivity (Wildman–Crippen MR) is 193 cm³/mol. The molecule has 0 amide bonds. The molecule has 0 N–H and O–H groups in total. The van der Waals surface area contributed by atoms with Crippen LogP contribution in [0.5, 0.6) is 0 Å². The van der Waals surface area contributed by atoms with Gasteiger partial charge in [-0.1, -0.05) is 109 Å². The Morgan fingerprint density at radius 3 is 2.21 bits per heavy atom. The quantitative estimate of drug-likeness (QED) is 0.197. The van der Waals surface area contributed by atoms with E-state index in [1.54, 1.807) is 6.20 Å². The van der Waals surface area contributed by atoms with Gasteiger partial charge < -0.3 is 4.42 Å². The van der Waals surface area contributed by atoms with E-state index in [-0.39, 0.29) is 0 Å². The minimum absolute atomic E-state index is 0.544. The van der Waals surface area contributed by atoms with Crippen LogP contribution in [0.15, 0.2) is 156 Å². The van der Waals surface area contributed by atoms with E-state index in [2.05, 4.69) is 119 Å². The maximum absolute atomic E-state index is 6.23. The smallest absolute Gasteiger partial charge is 0.238 e. The lowest BCUT2D eigenvalue weighted by Gasteiger charge is -2.12. The summed E-state index contributed by atoms with van der Waals surface area (Å²) in [4.78, 5) is 20.0. The molecule has 0 aliphatic heterocycles. The van der Waals surface area contributed by atoms with Crippen molar-refractivity contribution in [3.63, 3.8) is 0 Å². The molecule has 0 aliphatic rings. The largest absolute Gasteiger partial charge is 0.456 e. The van der Waals surface area contributed by atoms with Crippen LogP contribution >= 0.6 is 0 Å². The van der Waals surface area contributed by atoms with Crippen molar-refractivity contribution in [2.45, 2.75) is 0 Å². The Balaban J connectivity index is 1.29. The number of furan rings is 1. The van der Waals surface area contributed by atoms with E-state index in [1.807, 2.05) is 36.5 Å². The van der Waals surface area contributed by atoms with Crippen molar-refractivity contribution in [2.75, 3.05) is 0 Å². The number of pyridine rings is 1. The van der Waals surface area contributed by atoms with Gasteiger partial charge in [0.05, 0.1) is 11.0 Å². The van der Waals surface area contributed by atoms with Crippen molar-refractivity contribution in [2.24, 2.45) is 0 Å². The number of nitrogens with zero attached hydrogens (tertiary/aromatic N) is 5. The lowest BCUT2D eigenvalue weighted by Crippen LogP contribution is -2.06. The summed E-state index contributed by atoms with van der Waals surface area (Å²) in [6.45, 7) is 0. The van der Waals surface area contributed by atoms with Gasteiger partial charge in [0.1, 0.15) is 11.2 Å². The first-order valence-corrected chi connectivity index (χ1v) is 15.9. The molecule has 0 bridgehead atoms. The van der Waals surface area contributed by atoms with Crippen molar-refractivity contribution < 1.29 is 4.42 Å². The van der Waals surface area contributed by atoms with Crippen LogP contribution in [0.25, 0.3) is 94.4 Å². The molecular formula is C42H25N5O. The summed E-state index contributed by atoms with van der Waals surface area (Å²) < 4.78 is 8.40. The van der Waals surface area contributed by atoms with Gasteiger partial charge in [0, 0.05) is 45.1 Å². The minimum atomic E-state index is 0.544. The van der Waals surface area contributed by atoms with Crippen LogP contribution in [0.4, 0.5) is 0 Å². The van der Waals surface area contributed by atoms with Gasteiger partial charge >= 0.3 is 0 Å². The molecule has 48 heavy (non-hydrogen) atoms. The first kappa shape index (κ1) is 26.5. The molecule has 0 spiro atoms. The van der Waals surface area contributed by atoms with Crippen LogP contribution in [0.2, 0.25) is 0 Å². The first-order chi connectivity index (χ1) is 23.8. The average molecular weight is 616 g/mol. The number of rotatable bonds is 4. The Hall–Kier alpha value is -6.66. The van der Waals surface area contributed by atoms with Crippen LogP contribution in [0, 0.1) is 0 Å². The maximum Gasteiger partial charge on any atom is 0.238 e. The van der Waals surface area contributed by atoms with Gasteiger partial charge in [-0.2, -0.15) is 9.97 Å². The second kappa shape index (κ2) is 10.4. The number of hydrogen-bond donors (Lipinski definition) is 0. The maximum atomic E-state index is 6.23. The van der Waals surface area contributed by atoms with E-state index in [4.69, 9.17) is 19.4 Å². The van der Waals surface area contributed by atoms with E-state index < -0.39 is 0 Å². The molecule has 10 rings (SSSR count). The fraction of sp³-hybridized carbons (Fsp3) is 0. The molecule has 0 radical (unpaired) electrons. The first-order valence-electron chi connectivity index (χ1n) is 15.9. The summed E-state index contributed by atoms with van der Waals surface area (Å²) in [7, 11) is 0. The summed E-state index contributed by atoms with van der Waals surface area (Å²) in [6.07, 6.45) is 3.59. The van der Waals surface area contributed by atoms with Crippen LogP contribution in [-0.2, 0) is 0 Å². The molecule has 0 unspecified atom stereocenters. The third kappa shape index (κ3) is 4.13. The predicted octanol–water partition coefficient (Wildman–Crippen LogP) is 10.4. The standard InChI is InChI=1S/C42H25N5O/c1-2-9-26(10-3-1)29-19-20-32-31-13-6-7-15-35(31)47(36(32)24-29)42-45-40(30-18-17-27-11-4-5-12-28(27)23-30)44-41(46-42)33-14-8-16-38-39(33)34-25-43-22-21-37(34)48-38/h1-25H. The lowest BCUT2D eigenvalue weighted by molar-refractivity contribution is 0.668. The second-order valence-electron chi connectivity index (χ2n) is 11.9. The Labute approximate surface area is 274 Å². The molecule has 4 aromatic heterocycles. The summed E-state index contributed by atoms with van der Waals surface area (Å²) in [5.74, 6) is 1.70. The molecule has 224 valence electrons. The van der Waals surface area contributed by atoms with E-state index in [9.17, 15) is 0 Å². The molecule has 0 saturated heterocycles. The highest BCUT2D eigenvalue weighted by Crippen LogP contribution is 2.38. The van der Waals surface area contributed by atoms with E-state index >= 15 is 0 Å². The summed E-state index contributed by atoms with van der Waals surface area (Å²) in [5, 5.41) is 6.40. The molecule has 0 saturated carbocycles. The fourth-order valence-corrected chi connectivity index (χ4v) is 6.90. The summed E-state index contributed by atoms with van der Waals surface area (Å²) in [5.41, 5.74) is 7.62. The minimum Gasteiger partial charge on any atom is -0.456 e. The second-order valence-corrected chi connectivity index (χ2v) is 11.9. The molecule has 6 nitrogen and oxygen atoms in total. The van der Waals surface area contributed by atoms with Crippen molar-refractivity contribution >= 4 is 54.5 Å². The van der Waals surface area contributed by atoms with Crippen LogP contribution in [-0.4, -0.2) is 24.5 Å². The molecule has 4 heterocycles. The van der Waals surface area contributed by atoms with Gasteiger partial charge in [-0.3, -0.25) is 9.55 Å². The van der Waals surface area contributed by atoms with E-state index in [0.29, 0.717) is 17.6 Å². The molecule has 0 aliphatic carbocycles. The number of benzene rings is 6. The monoisotopic (exact) mass is 615 g/mol. The molecule has 10 aromatic rings. The third-order valence-corrected chi connectivity index (χ3v) is 9.15. The van der Waals surface area contributed by atoms with Crippen molar-refractivity contribution in [1.82, 2.24) is 24.5 Å². The van der Waals surface area contributed by atoms with E-state index in [0.717, 1.165) is 76.8 Å². The Morgan fingerprint density at radius 1 is 0.479 bits per heavy atom. The molecule has 6 heteroatoms. The molecule has 0 atom stereocenters. The molecule has 6 aromatic carbocycles. The Bertz CT molecular complexity index is 2850. The van der Waals surface area contributed by atoms with Crippen molar-refractivity contribution in [3.8, 4) is 39.9 Å². The Kier molecular flexibility index (Phi) is 5.77. The normalized spacial score (nSPS) is 11.8. The zero-order valence-electron chi connectivity index (χ0n) is 25.6. The highest BCUT2D eigenvalue weighted by atomic mass is 16.3. The Morgan fingerprint density at radius 2 is 1.27 bits per heavy atom. The van der Waals surface area contributed by atoms with Gasteiger partial charge in [-0.15, -0.1) is 0 Å². The number of hydrogen-bond acceptors (Lipinski definition) is 5. The SMILES string of the molecule is c1ccc(-c2ccc3c4ccccc4n(-c4nc(-c5ccc6ccccc6c5)nc(-c5cccc6oc7ccncc7c56)n4)c3c2)cc1. The van der Waals surface area contributed by atoms with Crippen molar-refractivity contribution in [3.05, 3.63) is 152 Å². The van der Waals surface area contributed by atoms with Crippen molar-refractivity contribution in [1.29, 1.82) is 0 Å². The highest BCUT2D eigenvalue weighted by Gasteiger charge is 2.21. The molecule has 0 fully saturated rings. The van der Waals surface area contributed by atoms with Crippen LogP contribution < -0.4 is 0 Å². The van der Waals surface area contributed by atoms with E-state index in [1.165, 1.54) is 0 Å². The number of aromatic nitrogens is 5. The van der Waals surface area contributed by atoms with Gasteiger partial charge in [0.2, 0.25) is 5.95 Å². The highest BCUT2D eigenvalue weighted by molar-refractivity contribution is 6.12.